The van der Waals surface area contributed by atoms with Crippen molar-refractivity contribution in [1.82, 2.24) is 10.6 Å². The molecule has 6 nitrogen and oxygen atoms in total. The largest absolute Gasteiger partial charge is 0.355 e. The van der Waals surface area contributed by atoms with E-state index in [1.807, 2.05) is 0 Å². The Balaban J connectivity index is 2.38. The van der Waals surface area contributed by atoms with Crippen LogP contribution in [0.4, 0.5) is 10.1 Å². The minimum absolute atomic E-state index is 0.135. The fourth-order valence-electron chi connectivity index (χ4n) is 2.09. The van der Waals surface area contributed by atoms with Gasteiger partial charge in [-0.25, -0.2) is 4.39 Å². The summed E-state index contributed by atoms with van der Waals surface area (Å²) in [5, 5.41) is 7.39. The second-order valence-corrected chi connectivity index (χ2v) is 4.89. The average molecular weight is 329 g/mol. The summed E-state index contributed by atoms with van der Waals surface area (Å²) in [6.45, 7) is 0. The number of hydrogen-bond donors (Lipinski definition) is 3. The number of nitrogens with one attached hydrogen (secondary N) is 3. The summed E-state index contributed by atoms with van der Waals surface area (Å²) >= 11 is 0. The second kappa shape index (κ2) is 7.36. The Morgan fingerprint density at radius 2 is 1.38 bits per heavy atom. The number of hydrogen-bond acceptors (Lipinski definition) is 3. The molecule has 24 heavy (non-hydrogen) atoms. The lowest BCUT2D eigenvalue weighted by molar-refractivity contribution is 0.0960. The molecule has 2 rings (SSSR count). The molecule has 0 aromatic heterocycles. The Labute approximate surface area is 138 Å². The van der Waals surface area contributed by atoms with Gasteiger partial charge in [-0.2, -0.15) is 0 Å². The van der Waals surface area contributed by atoms with Gasteiger partial charge in [-0.05, 0) is 30.3 Å². The first-order valence-corrected chi connectivity index (χ1v) is 7.11. The van der Waals surface area contributed by atoms with Crippen LogP contribution in [0, 0.1) is 5.82 Å². The lowest BCUT2D eigenvalue weighted by Crippen LogP contribution is -2.22. The Morgan fingerprint density at radius 1 is 0.833 bits per heavy atom. The molecule has 0 atom stereocenters. The van der Waals surface area contributed by atoms with E-state index in [2.05, 4.69) is 16.0 Å². The summed E-state index contributed by atoms with van der Waals surface area (Å²) < 4.78 is 13.7. The Bertz CT molecular complexity index is 771. The zero-order valence-electron chi connectivity index (χ0n) is 13.1. The molecule has 0 heterocycles. The van der Waals surface area contributed by atoms with Crippen LogP contribution >= 0.6 is 0 Å². The van der Waals surface area contributed by atoms with Crippen molar-refractivity contribution in [3.05, 3.63) is 65.0 Å². The summed E-state index contributed by atoms with van der Waals surface area (Å²) in [6.07, 6.45) is 0. The molecule has 3 N–H and O–H groups in total. The van der Waals surface area contributed by atoms with E-state index < -0.39 is 23.5 Å². The first-order chi connectivity index (χ1) is 11.5. The molecule has 0 unspecified atom stereocenters. The van der Waals surface area contributed by atoms with Crippen LogP contribution in [0.5, 0.6) is 0 Å². The van der Waals surface area contributed by atoms with Crippen molar-refractivity contribution in [2.24, 2.45) is 0 Å². The van der Waals surface area contributed by atoms with Crippen molar-refractivity contribution >= 4 is 23.4 Å². The van der Waals surface area contributed by atoms with Crippen LogP contribution in [-0.2, 0) is 0 Å². The van der Waals surface area contributed by atoms with Crippen molar-refractivity contribution in [3.63, 3.8) is 0 Å². The van der Waals surface area contributed by atoms with E-state index in [1.165, 1.54) is 56.6 Å². The molecule has 0 saturated carbocycles. The Hall–Kier alpha value is -3.22. The predicted molar refractivity (Wildman–Crippen MR) is 87.6 cm³/mol. The molecule has 2 aromatic rings. The third-order valence-electron chi connectivity index (χ3n) is 3.29. The highest BCUT2D eigenvalue weighted by Gasteiger charge is 2.15. The molecular formula is C17H16FN3O3. The third kappa shape index (κ3) is 3.75. The maximum absolute atomic E-state index is 13.7. The average Bonchev–Trinajstić information content (AvgIpc) is 2.60. The van der Waals surface area contributed by atoms with Gasteiger partial charge in [0.15, 0.2) is 0 Å². The molecule has 0 spiro atoms. The number of rotatable bonds is 4. The van der Waals surface area contributed by atoms with Gasteiger partial charge in [-0.15, -0.1) is 0 Å². The van der Waals surface area contributed by atoms with Crippen molar-refractivity contribution < 1.29 is 18.8 Å². The highest BCUT2D eigenvalue weighted by molar-refractivity contribution is 6.07. The molecule has 0 aliphatic carbocycles. The molecule has 0 radical (unpaired) electrons. The summed E-state index contributed by atoms with van der Waals surface area (Å²) in [7, 11) is 2.90. The maximum atomic E-state index is 13.7. The SMILES string of the molecule is CNC(=O)c1cc(NC(=O)c2ccccc2F)cc(C(=O)NC)c1. The summed E-state index contributed by atoms with van der Waals surface area (Å²) in [4.78, 5) is 35.8. The molecule has 0 aliphatic heterocycles. The van der Waals surface area contributed by atoms with Crippen LogP contribution in [0.15, 0.2) is 42.5 Å². The molecule has 0 saturated heterocycles. The molecule has 3 amide bonds. The van der Waals surface area contributed by atoms with Crippen LogP contribution in [0.1, 0.15) is 31.1 Å². The van der Waals surface area contributed by atoms with E-state index in [4.69, 9.17) is 0 Å². The van der Waals surface area contributed by atoms with E-state index in [9.17, 15) is 18.8 Å². The Morgan fingerprint density at radius 3 is 1.88 bits per heavy atom. The number of carbonyl (C=O) groups excluding carboxylic acids is 3. The van der Waals surface area contributed by atoms with Crippen LogP contribution in [0.2, 0.25) is 0 Å². The number of benzene rings is 2. The molecule has 0 bridgehead atoms. The minimum atomic E-state index is -0.676. The van der Waals surface area contributed by atoms with E-state index >= 15 is 0 Å². The zero-order chi connectivity index (χ0) is 17.7. The zero-order valence-corrected chi connectivity index (χ0v) is 13.1. The van der Waals surface area contributed by atoms with Crippen LogP contribution < -0.4 is 16.0 Å². The summed E-state index contributed by atoms with van der Waals surface area (Å²) in [5.41, 5.74) is 0.470. The van der Waals surface area contributed by atoms with E-state index in [0.717, 1.165) is 0 Å². The van der Waals surface area contributed by atoms with Gasteiger partial charge >= 0.3 is 0 Å². The second-order valence-electron chi connectivity index (χ2n) is 4.89. The lowest BCUT2D eigenvalue weighted by atomic mass is 10.1. The molecule has 2 aromatic carbocycles. The minimum Gasteiger partial charge on any atom is -0.355 e. The summed E-state index contributed by atoms with van der Waals surface area (Å²) in [6, 6.07) is 9.74. The first-order valence-electron chi connectivity index (χ1n) is 7.11. The van der Waals surface area contributed by atoms with Gasteiger partial charge in [0.2, 0.25) is 0 Å². The van der Waals surface area contributed by atoms with Gasteiger partial charge in [0.25, 0.3) is 17.7 Å². The maximum Gasteiger partial charge on any atom is 0.258 e. The third-order valence-corrected chi connectivity index (χ3v) is 3.29. The fraction of sp³-hybridized carbons (Fsp3) is 0.118. The van der Waals surface area contributed by atoms with Gasteiger partial charge in [0, 0.05) is 30.9 Å². The Kier molecular flexibility index (Phi) is 5.26. The number of anilines is 1. The molecule has 124 valence electrons. The standard InChI is InChI=1S/C17H16FN3O3/c1-19-15(22)10-7-11(16(23)20-2)9-12(8-10)21-17(24)13-5-3-4-6-14(13)18/h3-9H,1-2H3,(H,19,22)(H,20,23)(H,21,24). The smallest absolute Gasteiger partial charge is 0.258 e. The topological polar surface area (TPSA) is 87.3 Å². The molecule has 0 fully saturated rings. The fourth-order valence-corrected chi connectivity index (χ4v) is 2.09. The van der Waals surface area contributed by atoms with E-state index in [-0.39, 0.29) is 22.4 Å². The molecular weight excluding hydrogens is 313 g/mol. The van der Waals surface area contributed by atoms with Crippen LogP contribution in [0.25, 0.3) is 0 Å². The molecule has 7 heteroatoms. The van der Waals surface area contributed by atoms with Crippen LogP contribution in [0.3, 0.4) is 0 Å². The predicted octanol–water partition coefficient (Wildman–Crippen LogP) is 1.80. The number of carbonyl (C=O) groups is 3. The van der Waals surface area contributed by atoms with Crippen molar-refractivity contribution in [1.29, 1.82) is 0 Å². The monoisotopic (exact) mass is 329 g/mol. The van der Waals surface area contributed by atoms with Gasteiger partial charge in [0.1, 0.15) is 5.82 Å². The van der Waals surface area contributed by atoms with E-state index in [0.29, 0.717) is 0 Å². The van der Waals surface area contributed by atoms with Crippen molar-refractivity contribution in [2.75, 3.05) is 19.4 Å². The highest BCUT2D eigenvalue weighted by atomic mass is 19.1. The number of halogens is 1. The highest BCUT2D eigenvalue weighted by Crippen LogP contribution is 2.17. The van der Waals surface area contributed by atoms with Gasteiger partial charge < -0.3 is 16.0 Å². The van der Waals surface area contributed by atoms with E-state index in [1.54, 1.807) is 0 Å². The van der Waals surface area contributed by atoms with Gasteiger partial charge in [-0.1, -0.05) is 12.1 Å². The molecule has 0 aliphatic rings. The van der Waals surface area contributed by atoms with Crippen LogP contribution in [-0.4, -0.2) is 31.8 Å². The lowest BCUT2D eigenvalue weighted by Gasteiger charge is -2.10. The number of amides is 3. The first kappa shape index (κ1) is 17.1. The van der Waals surface area contributed by atoms with Gasteiger partial charge in [-0.3, -0.25) is 14.4 Å². The summed E-state index contributed by atoms with van der Waals surface area (Å²) in [5.74, 6) is -2.17. The van der Waals surface area contributed by atoms with Gasteiger partial charge in [0.05, 0.1) is 5.56 Å². The van der Waals surface area contributed by atoms with Crippen molar-refractivity contribution in [3.8, 4) is 0 Å². The quantitative estimate of drug-likeness (QED) is 0.799. The normalized spacial score (nSPS) is 9.96. The van der Waals surface area contributed by atoms with Crippen molar-refractivity contribution in [2.45, 2.75) is 0 Å².